The van der Waals surface area contributed by atoms with Crippen LogP contribution in [0.3, 0.4) is 0 Å². The predicted molar refractivity (Wildman–Crippen MR) is 71.9 cm³/mol. The molecule has 0 spiro atoms. The molecule has 1 aliphatic heterocycles. The fraction of sp³-hybridized carbons (Fsp3) is 0.538. The van der Waals surface area contributed by atoms with Crippen LogP contribution >= 0.6 is 0 Å². The van der Waals surface area contributed by atoms with Gasteiger partial charge in [0.1, 0.15) is 17.3 Å². The van der Waals surface area contributed by atoms with Crippen LogP contribution in [0, 0.1) is 5.41 Å². The van der Waals surface area contributed by atoms with Crippen molar-refractivity contribution in [1.82, 2.24) is 4.98 Å². The molecule has 0 bridgehead atoms. The van der Waals surface area contributed by atoms with Crippen molar-refractivity contribution in [2.24, 2.45) is 5.73 Å². The Bertz CT molecular complexity index is 444. The maximum absolute atomic E-state index is 10.1. The molecule has 5 nitrogen and oxygen atoms in total. The molecule has 1 unspecified atom stereocenters. The summed E-state index contributed by atoms with van der Waals surface area (Å²) < 4.78 is 0. The molecule has 1 aromatic rings. The second kappa shape index (κ2) is 4.94. The van der Waals surface area contributed by atoms with Crippen molar-refractivity contribution in [3.63, 3.8) is 0 Å². The number of amidine groups is 1. The zero-order valence-electron chi connectivity index (χ0n) is 10.7. The van der Waals surface area contributed by atoms with E-state index in [0.717, 1.165) is 38.2 Å². The molecular formula is C13H20N4O. The van der Waals surface area contributed by atoms with E-state index >= 15 is 0 Å². The SMILES string of the molecule is CC1(O)CCCN(c2cccc(C(=N)N)n2)CC1. The summed E-state index contributed by atoms with van der Waals surface area (Å²) in [7, 11) is 0. The fourth-order valence-corrected chi connectivity index (χ4v) is 2.24. The van der Waals surface area contributed by atoms with Crippen LogP contribution in [0.1, 0.15) is 31.9 Å². The maximum Gasteiger partial charge on any atom is 0.141 e. The number of nitrogens with one attached hydrogen (secondary N) is 1. The molecule has 1 aliphatic rings. The Kier molecular flexibility index (Phi) is 3.52. The highest BCUT2D eigenvalue weighted by atomic mass is 16.3. The van der Waals surface area contributed by atoms with Crippen molar-refractivity contribution in [2.45, 2.75) is 31.8 Å². The zero-order valence-corrected chi connectivity index (χ0v) is 10.7. The number of hydrogen-bond acceptors (Lipinski definition) is 4. The van der Waals surface area contributed by atoms with Gasteiger partial charge in [0, 0.05) is 13.1 Å². The minimum atomic E-state index is -0.576. The zero-order chi connectivity index (χ0) is 13.2. The Morgan fingerprint density at radius 3 is 2.94 bits per heavy atom. The van der Waals surface area contributed by atoms with Gasteiger partial charge in [-0.25, -0.2) is 4.98 Å². The van der Waals surface area contributed by atoms with E-state index in [1.807, 2.05) is 19.1 Å². The van der Waals surface area contributed by atoms with E-state index in [9.17, 15) is 5.11 Å². The number of nitrogen functional groups attached to an aromatic ring is 1. The van der Waals surface area contributed by atoms with Gasteiger partial charge in [0.2, 0.25) is 0 Å². The number of nitrogens with two attached hydrogens (primary N) is 1. The lowest BCUT2D eigenvalue weighted by Gasteiger charge is -2.23. The summed E-state index contributed by atoms with van der Waals surface area (Å²) in [6.45, 7) is 3.54. The largest absolute Gasteiger partial charge is 0.390 e. The van der Waals surface area contributed by atoms with Gasteiger partial charge in [0.25, 0.3) is 0 Å². The molecule has 98 valence electrons. The summed E-state index contributed by atoms with van der Waals surface area (Å²) in [5, 5.41) is 17.5. The van der Waals surface area contributed by atoms with Gasteiger partial charge < -0.3 is 15.7 Å². The fourth-order valence-electron chi connectivity index (χ4n) is 2.24. The number of aromatic nitrogens is 1. The van der Waals surface area contributed by atoms with Gasteiger partial charge in [0.15, 0.2) is 0 Å². The van der Waals surface area contributed by atoms with Crippen molar-refractivity contribution < 1.29 is 5.11 Å². The second-order valence-electron chi connectivity index (χ2n) is 5.13. The number of anilines is 1. The number of hydrogen-bond donors (Lipinski definition) is 3. The van der Waals surface area contributed by atoms with Crippen LogP contribution in [0.4, 0.5) is 5.82 Å². The Morgan fingerprint density at radius 2 is 2.22 bits per heavy atom. The highest BCUT2D eigenvalue weighted by molar-refractivity contribution is 5.93. The summed E-state index contributed by atoms with van der Waals surface area (Å²) in [6.07, 6.45) is 2.49. The molecule has 1 fully saturated rings. The van der Waals surface area contributed by atoms with E-state index in [1.54, 1.807) is 6.07 Å². The lowest BCUT2D eigenvalue weighted by Crippen LogP contribution is -2.29. The van der Waals surface area contributed by atoms with Crippen molar-refractivity contribution >= 4 is 11.7 Å². The standard InChI is InChI=1S/C13H20N4O/c1-13(18)6-3-8-17(9-7-13)11-5-2-4-10(16-11)12(14)15/h2,4-5,18H,3,6-9H2,1H3,(H3,14,15). The molecule has 1 atom stereocenters. The first-order chi connectivity index (χ1) is 8.48. The third kappa shape index (κ3) is 2.98. The molecular weight excluding hydrogens is 228 g/mol. The number of pyridine rings is 1. The topological polar surface area (TPSA) is 86.2 Å². The van der Waals surface area contributed by atoms with Crippen LogP contribution in [0.2, 0.25) is 0 Å². The Labute approximate surface area is 107 Å². The molecule has 0 aromatic carbocycles. The van der Waals surface area contributed by atoms with Crippen molar-refractivity contribution in [2.75, 3.05) is 18.0 Å². The highest BCUT2D eigenvalue weighted by Gasteiger charge is 2.25. The van der Waals surface area contributed by atoms with E-state index in [1.165, 1.54) is 0 Å². The summed E-state index contributed by atoms with van der Waals surface area (Å²) in [5.74, 6) is 0.819. The van der Waals surface area contributed by atoms with Crippen molar-refractivity contribution in [3.8, 4) is 0 Å². The van der Waals surface area contributed by atoms with Crippen molar-refractivity contribution in [3.05, 3.63) is 23.9 Å². The second-order valence-corrected chi connectivity index (χ2v) is 5.13. The third-order valence-corrected chi connectivity index (χ3v) is 3.40. The predicted octanol–water partition coefficient (Wildman–Crippen LogP) is 1.11. The molecule has 18 heavy (non-hydrogen) atoms. The number of aliphatic hydroxyl groups is 1. The lowest BCUT2D eigenvalue weighted by atomic mass is 9.98. The van der Waals surface area contributed by atoms with Gasteiger partial charge in [-0.05, 0) is 38.3 Å². The highest BCUT2D eigenvalue weighted by Crippen LogP contribution is 2.24. The molecule has 0 aliphatic carbocycles. The van der Waals surface area contributed by atoms with Crippen LogP contribution in [-0.4, -0.2) is 34.6 Å². The van der Waals surface area contributed by atoms with E-state index in [4.69, 9.17) is 11.1 Å². The van der Waals surface area contributed by atoms with Crippen LogP contribution in [-0.2, 0) is 0 Å². The average Bonchev–Trinajstić information content (AvgIpc) is 2.50. The molecule has 4 N–H and O–H groups in total. The Morgan fingerprint density at radius 1 is 1.44 bits per heavy atom. The van der Waals surface area contributed by atoms with E-state index < -0.39 is 5.60 Å². The van der Waals surface area contributed by atoms with Gasteiger partial charge in [-0.15, -0.1) is 0 Å². The van der Waals surface area contributed by atoms with Crippen LogP contribution in [0.25, 0.3) is 0 Å². The monoisotopic (exact) mass is 248 g/mol. The third-order valence-electron chi connectivity index (χ3n) is 3.40. The normalized spacial score (nSPS) is 24.7. The molecule has 2 rings (SSSR count). The van der Waals surface area contributed by atoms with Crippen LogP contribution in [0.5, 0.6) is 0 Å². The maximum atomic E-state index is 10.1. The first-order valence-electron chi connectivity index (χ1n) is 6.27. The summed E-state index contributed by atoms with van der Waals surface area (Å²) in [5.41, 5.74) is 5.38. The van der Waals surface area contributed by atoms with Gasteiger partial charge in [-0.2, -0.15) is 0 Å². The smallest absolute Gasteiger partial charge is 0.141 e. The van der Waals surface area contributed by atoms with Gasteiger partial charge in [-0.1, -0.05) is 6.07 Å². The first-order valence-corrected chi connectivity index (χ1v) is 6.27. The molecule has 0 saturated carbocycles. The molecule has 2 heterocycles. The quantitative estimate of drug-likeness (QED) is 0.540. The molecule has 5 heteroatoms. The van der Waals surface area contributed by atoms with Gasteiger partial charge in [0.05, 0.1) is 5.60 Å². The van der Waals surface area contributed by atoms with Gasteiger partial charge >= 0.3 is 0 Å². The van der Waals surface area contributed by atoms with Gasteiger partial charge in [-0.3, -0.25) is 5.41 Å². The Balaban J connectivity index is 2.16. The average molecular weight is 248 g/mol. The number of nitrogens with zero attached hydrogens (tertiary/aromatic N) is 2. The van der Waals surface area contributed by atoms with E-state index in [-0.39, 0.29) is 5.84 Å². The lowest BCUT2D eigenvalue weighted by molar-refractivity contribution is 0.0481. The summed E-state index contributed by atoms with van der Waals surface area (Å²) in [6, 6.07) is 5.52. The number of rotatable bonds is 2. The first kappa shape index (κ1) is 12.8. The molecule has 0 radical (unpaired) electrons. The minimum Gasteiger partial charge on any atom is -0.390 e. The van der Waals surface area contributed by atoms with Crippen LogP contribution < -0.4 is 10.6 Å². The Hall–Kier alpha value is -1.62. The molecule has 1 saturated heterocycles. The van der Waals surface area contributed by atoms with E-state index in [2.05, 4.69) is 9.88 Å². The van der Waals surface area contributed by atoms with Crippen molar-refractivity contribution in [1.29, 1.82) is 5.41 Å². The minimum absolute atomic E-state index is 0.0151. The van der Waals surface area contributed by atoms with Crippen LogP contribution in [0.15, 0.2) is 18.2 Å². The molecule has 1 aromatic heterocycles. The summed E-state index contributed by atoms with van der Waals surface area (Å²) >= 11 is 0. The molecule has 0 amide bonds. The summed E-state index contributed by atoms with van der Waals surface area (Å²) in [4.78, 5) is 6.53. The van der Waals surface area contributed by atoms with E-state index in [0.29, 0.717) is 5.69 Å².